The Bertz CT molecular complexity index is 1090. The maximum absolute atomic E-state index is 12.8. The van der Waals surface area contributed by atoms with E-state index in [2.05, 4.69) is 9.98 Å². The minimum Gasteiger partial charge on any atom is -0.853 e. The second kappa shape index (κ2) is 8.30. The van der Waals surface area contributed by atoms with Crippen molar-refractivity contribution in [3.8, 4) is 0 Å². The first-order chi connectivity index (χ1) is 13.8. The van der Waals surface area contributed by atoms with Crippen LogP contribution in [0.15, 0.2) is 53.0 Å². The smallest absolute Gasteiger partial charge is 0.292 e. The number of aromatic nitrogens is 4. The molecule has 0 atom stereocenters. The van der Waals surface area contributed by atoms with Gasteiger partial charge in [0.15, 0.2) is 0 Å². The molecule has 0 bridgehead atoms. The molecule has 0 fully saturated rings. The van der Waals surface area contributed by atoms with Crippen molar-refractivity contribution >= 4 is 23.2 Å². The number of benzene rings is 1. The van der Waals surface area contributed by atoms with Gasteiger partial charge in [0.1, 0.15) is 24.8 Å². The molecule has 8 nitrogen and oxygen atoms in total. The molecule has 8 heteroatoms. The molecule has 0 aliphatic rings. The standard InChI is InChI=1S/C21H26N6O2/c1-6-26-12-10-24(4)20(26)18(28)22-16-9-8-15(3)17(14-16)23-19(29)21-25(5)11-13-27(21)7-2/h8-14H,6-7H2,1-5H3. The third-order valence-corrected chi connectivity index (χ3v) is 4.86. The van der Waals surface area contributed by atoms with Gasteiger partial charge in [0, 0.05) is 0 Å². The van der Waals surface area contributed by atoms with Gasteiger partial charge in [-0.15, -0.1) is 0 Å². The molecule has 1 aromatic carbocycles. The van der Waals surface area contributed by atoms with E-state index in [9.17, 15) is 10.2 Å². The van der Waals surface area contributed by atoms with Crippen molar-refractivity contribution < 1.29 is 19.3 Å². The van der Waals surface area contributed by atoms with Gasteiger partial charge in [-0.2, -0.15) is 0 Å². The highest BCUT2D eigenvalue weighted by Crippen LogP contribution is 2.25. The Kier molecular flexibility index (Phi) is 5.81. The molecule has 0 saturated carbocycles. The summed E-state index contributed by atoms with van der Waals surface area (Å²) in [7, 11) is 3.63. The third kappa shape index (κ3) is 4.06. The molecule has 0 amide bonds. The predicted octanol–water partition coefficient (Wildman–Crippen LogP) is 0.164. The van der Waals surface area contributed by atoms with Crippen molar-refractivity contribution in [2.45, 2.75) is 33.9 Å². The molecule has 0 unspecified atom stereocenters. The molecule has 29 heavy (non-hydrogen) atoms. The predicted molar refractivity (Wildman–Crippen MR) is 106 cm³/mol. The van der Waals surface area contributed by atoms with Gasteiger partial charge in [0.2, 0.25) is 0 Å². The molecular formula is C21H26N6O2. The average molecular weight is 394 g/mol. The Hall–Kier alpha value is -3.42. The van der Waals surface area contributed by atoms with Crippen molar-refractivity contribution in [1.82, 2.24) is 9.13 Å². The lowest BCUT2D eigenvalue weighted by molar-refractivity contribution is -0.674. The van der Waals surface area contributed by atoms with Crippen LogP contribution < -0.4 is 19.3 Å². The molecule has 0 saturated heterocycles. The number of rotatable bonds is 6. The zero-order chi connectivity index (χ0) is 21.1. The summed E-state index contributed by atoms with van der Waals surface area (Å²) >= 11 is 0. The maximum Gasteiger partial charge on any atom is 0.292 e. The first-order valence-corrected chi connectivity index (χ1v) is 9.58. The molecule has 0 aliphatic carbocycles. The normalized spacial score (nSPS) is 12.6. The Morgan fingerprint density at radius 1 is 0.897 bits per heavy atom. The molecule has 0 aliphatic heterocycles. The Morgan fingerprint density at radius 2 is 1.41 bits per heavy atom. The summed E-state index contributed by atoms with van der Waals surface area (Å²) in [5.41, 5.74) is 1.80. The minimum atomic E-state index is -0.341. The van der Waals surface area contributed by atoms with Crippen LogP contribution >= 0.6 is 0 Å². The number of aliphatic imine (C=N–C) groups is 2. The van der Waals surface area contributed by atoms with Gasteiger partial charge in [-0.1, -0.05) is 6.07 Å². The van der Waals surface area contributed by atoms with Crippen molar-refractivity contribution in [2.24, 2.45) is 24.1 Å². The fourth-order valence-corrected chi connectivity index (χ4v) is 3.22. The molecule has 2 aromatic heterocycles. The van der Waals surface area contributed by atoms with E-state index in [-0.39, 0.29) is 11.8 Å². The number of hydrogen-bond acceptors (Lipinski definition) is 4. The van der Waals surface area contributed by atoms with Crippen LogP contribution in [0.2, 0.25) is 0 Å². The molecular weight excluding hydrogens is 368 g/mol. The van der Waals surface area contributed by atoms with Gasteiger partial charge >= 0.3 is 0 Å². The van der Waals surface area contributed by atoms with E-state index < -0.39 is 0 Å². The SMILES string of the molecule is CCn1cc[n+](C)c1C([O-])=Nc1ccc(C)c(N=C([O-])c2n(CC)cc[n+]2C)c1. The average Bonchev–Trinajstić information content (AvgIpc) is 3.26. The fourth-order valence-electron chi connectivity index (χ4n) is 3.22. The Morgan fingerprint density at radius 3 is 1.93 bits per heavy atom. The van der Waals surface area contributed by atoms with Crippen LogP contribution in [0.5, 0.6) is 0 Å². The Balaban J connectivity index is 2.00. The summed E-state index contributed by atoms with van der Waals surface area (Å²) in [4.78, 5) is 8.52. The van der Waals surface area contributed by atoms with Crippen LogP contribution in [-0.2, 0) is 27.2 Å². The monoisotopic (exact) mass is 394 g/mol. The first-order valence-electron chi connectivity index (χ1n) is 9.58. The second-order valence-electron chi connectivity index (χ2n) is 6.84. The zero-order valence-corrected chi connectivity index (χ0v) is 17.5. The molecule has 0 radical (unpaired) electrons. The number of aryl methyl sites for hydroxylation is 5. The van der Waals surface area contributed by atoms with E-state index in [0.717, 1.165) is 5.56 Å². The van der Waals surface area contributed by atoms with Gasteiger partial charge in [0.25, 0.3) is 11.6 Å². The van der Waals surface area contributed by atoms with Crippen LogP contribution in [0.1, 0.15) is 31.1 Å². The van der Waals surface area contributed by atoms with E-state index >= 15 is 0 Å². The highest BCUT2D eigenvalue weighted by atomic mass is 16.3. The van der Waals surface area contributed by atoms with Gasteiger partial charge < -0.3 is 10.2 Å². The molecule has 0 N–H and O–H groups in total. The van der Waals surface area contributed by atoms with Crippen LogP contribution in [0, 0.1) is 6.92 Å². The van der Waals surface area contributed by atoms with E-state index in [1.54, 1.807) is 21.3 Å². The van der Waals surface area contributed by atoms with Gasteiger partial charge in [-0.3, -0.25) is 9.98 Å². The van der Waals surface area contributed by atoms with Crippen molar-refractivity contribution in [2.75, 3.05) is 0 Å². The summed E-state index contributed by atoms with van der Waals surface area (Å²) in [5.74, 6) is 0.317. The summed E-state index contributed by atoms with van der Waals surface area (Å²) < 4.78 is 7.18. The van der Waals surface area contributed by atoms with Crippen LogP contribution in [0.3, 0.4) is 0 Å². The third-order valence-electron chi connectivity index (χ3n) is 4.86. The first kappa shape index (κ1) is 20.3. The molecule has 3 aromatic rings. The van der Waals surface area contributed by atoms with Gasteiger partial charge in [0.05, 0.1) is 50.4 Å². The highest BCUT2D eigenvalue weighted by molar-refractivity contribution is 5.89. The van der Waals surface area contributed by atoms with E-state index in [4.69, 9.17) is 0 Å². The van der Waals surface area contributed by atoms with Crippen molar-refractivity contribution in [3.63, 3.8) is 0 Å². The summed E-state index contributed by atoms with van der Waals surface area (Å²) in [6.07, 6.45) is 7.35. The topological polar surface area (TPSA) is 88.5 Å². The molecule has 0 spiro atoms. The maximum atomic E-state index is 12.8. The summed E-state index contributed by atoms with van der Waals surface area (Å²) in [5, 5.41) is 25.5. The number of nitrogens with zero attached hydrogens (tertiary/aromatic N) is 6. The van der Waals surface area contributed by atoms with E-state index in [1.165, 1.54) is 0 Å². The quantitative estimate of drug-likeness (QED) is 0.339. The van der Waals surface area contributed by atoms with Crippen molar-refractivity contribution in [3.05, 3.63) is 60.2 Å². The van der Waals surface area contributed by atoms with Crippen LogP contribution in [0.4, 0.5) is 11.4 Å². The summed E-state index contributed by atoms with van der Waals surface area (Å²) in [6.45, 7) is 7.17. The second-order valence-corrected chi connectivity index (χ2v) is 6.84. The molecule has 152 valence electrons. The molecule has 3 rings (SSSR count). The van der Waals surface area contributed by atoms with Crippen molar-refractivity contribution in [1.29, 1.82) is 0 Å². The fraction of sp³-hybridized carbons (Fsp3) is 0.333. The lowest BCUT2D eigenvalue weighted by Crippen LogP contribution is -2.40. The molecule has 2 heterocycles. The zero-order valence-electron chi connectivity index (χ0n) is 17.5. The lowest BCUT2D eigenvalue weighted by Gasteiger charge is -2.11. The number of hydrogen-bond donors (Lipinski definition) is 0. The highest BCUT2D eigenvalue weighted by Gasteiger charge is 2.15. The largest absolute Gasteiger partial charge is 0.853 e. The van der Waals surface area contributed by atoms with Crippen LogP contribution in [-0.4, -0.2) is 20.9 Å². The lowest BCUT2D eigenvalue weighted by atomic mass is 10.2. The summed E-state index contributed by atoms with van der Waals surface area (Å²) in [6, 6.07) is 5.24. The van der Waals surface area contributed by atoms with Gasteiger partial charge in [-0.25, -0.2) is 18.3 Å². The van der Waals surface area contributed by atoms with E-state index in [1.807, 2.05) is 74.9 Å². The van der Waals surface area contributed by atoms with Gasteiger partial charge in [-0.05, 0) is 38.5 Å². The minimum absolute atomic E-state index is 0.336. The van der Waals surface area contributed by atoms with Crippen LogP contribution in [0.25, 0.3) is 0 Å². The number of imidazole rings is 2. The Labute approximate surface area is 170 Å². The van der Waals surface area contributed by atoms with E-state index in [0.29, 0.717) is 36.1 Å².